The van der Waals surface area contributed by atoms with Gasteiger partial charge in [0, 0.05) is 19.3 Å². The van der Waals surface area contributed by atoms with E-state index in [1.807, 2.05) is 42.7 Å². The number of carbonyl (C=O) groups is 1. The second-order valence-corrected chi connectivity index (χ2v) is 5.16. The van der Waals surface area contributed by atoms with Crippen molar-refractivity contribution in [3.8, 4) is 0 Å². The molecule has 6 heteroatoms. The maximum absolute atomic E-state index is 12.1. The van der Waals surface area contributed by atoms with E-state index in [1.54, 1.807) is 0 Å². The predicted molar refractivity (Wildman–Crippen MR) is 71.9 cm³/mol. The monoisotopic (exact) mass is 266 g/mol. The van der Waals surface area contributed by atoms with Crippen LogP contribution in [-0.4, -0.2) is 52.6 Å². The van der Waals surface area contributed by atoms with E-state index in [9.17, 15) is 4.79 Å². The Morgan fingerprint density at radius 3 is 3.05 bits per heavy atom. The summed E-state index contributed by atoms with van der Waals surface area (Å²) in [6.45, 7) is 8.51. The van der Waals surface area contributed by atoms with Crippen molar-refractivity contribution in [2.45, 2.75) is 39.5 Å². The summed E-state index contributed by atoms with van der Waals surface area (Å²) in [5, 5.41) is 7.12. The van der Waals surface area contributed by atoms with E-state index in [0.29, 0.717) is 26.2 Å². The van der Waals surface area contributed by atoms with Crippen molar-refractivity contribution >= 4 is 6.03 Å². The van der Waals surface area contributed by atoms with Gasteiger partial charge in [0.25, 0.3) is 0 Å². The Labute approximate surface area is 113 Å². The summed E-state index contributed by atoms with van der Waals surface area (Å²) in [4.78, 5) is 13.9. The summed E-state index contributed by atoms with van der Waals surface area (Å²) in [6.07, 6.45) is 3.88. The van der Waals surface area contributed by atoms with Gasteiger partial charge in [0.15, 0.2) is 0 Å². The molecule has 1 aliphatic rings. The number of nitrogens with zero attached hydrogens (tertiary/aromatic N) is 3. The van der Waals surface area contributed by atoms with Gasteiger partial charge in [-0.3, -0.25) is 4.68 Å². The Hall–Kier alpha value is -1.56. The third kappa shape index (κ3) is 3.70. The van der Waals surface area contributed by atoms with E-state index in [0.717, 1.165) is 5.56 Å². The Balaban J connectivity index is 1.77. The normalized spacial score (nSPS) is 23.4. The van der Waals surface area contributed by atoms with Crippen LogP contribution in [0.15, 0.2) is 12.4 Å². The minimum Gasteiger partial charge on any atom is -0.375 e. The number of aromatic nitrogens is 2. The number of amides is 2. The summed E-state index contributed by atoms with van der Waals surface area (Å²) in [6, 6.07) is 0.106. The summed E-state index contributed by atoms with van der Waals surface area (Å²) in [5.74, 6) is 0. The van der Waals surface area contributed by atoms with Crippen molar-refractivity contribution < 1.29 is 9.53 Å². The molecular formula is C13H22N4O2. The van der Waals surface area contributed by atoms with E-state index in [2.05, 4.69) is 10.4 Å². The number of morpholine rings is 1. The summed E-state index contributed by atoms with van der Waals surface area (Å²) in [5.41, 5.74) is 1.13. The fourth-order valence-corrected chi connectivity index (χ4v) is 2.15. The smallest absolute Gasteiger partial charge is 0.317 e. The first-order chi connectivity index (χ1) is 9.06. The highest BCUT2D eigenvalue weighted by molar-refractivity contribution is 5.74. The Morgan fingerprint density at radius 2 is 2.37 bits per heavy atom. The second-order valence-electron chi connectivity index (χ2n) is 5.16. The van der Waals surface area contributed by atoms with Crippen molar-refractivity contribution in [3.05, 3.63) is 18.0 Å². The molecule has 2 atom stereocenters. The van der Waals surface area contributed by atoms with Gasteiger partial charge in [-0.1, -0.05) is 0 Å². The first kappa shape index (κ1) is 13.9. The molecule has 1 aromatic rings. The molecule has 6 nitrogen and oxygen atoms in total. The lowest BCUT2D eigenvalue weighted by Gasteiger charge is -2.36. The topological polar surface area (TPSA) is 59.4 Å². The second kappa shape index (κ2) is 6.06. The largest absolute Gasteiger partial charge is 0.375 e. The van der Waals surface area contributed by atoms with Crippen LogP contribution in [0.25, 0.3) is 0 Å². The van der Waals surface area contributed by atoms with E-state index in [-0.39, 0.29) is 18.2 Å². The molecule has 1 N–H and O–H groups in total. The molecule has 2 amide bonds. The molecule has 2 heterocycles. The van der Waals surface area contributed by atoms with Gasteiger partial charge in [0.05, 0.1) is 31.5 Å². The highest BCUT2D eigenvalue weighted by Gasteiger charge is 2.27. The highest BCUT2D eigenvalue weighted by Crippen LogP contribution is 2.11. The molecule has 0 saturated carbocycles. The first-order valence-electron chi connectivity index (χ1n) is 6.71. The van der Waals surface area contributed by atoms with Crippen molar-refractivity contribution in [3.63, 3.8) is 0 Å². The molecule has 2 unspecified atom stereocenters. The fraction of sp³-hybridized carbons (Fsp3) is 0.692. The van der Waals surface area contributed by atoms with Crippen LogP contribution in [0.4, 0.5) is 4.79 Å². The predicted octanol–water partition coefficient (Wildman–Crippen LogP) is 1.01. The molecule has 0 aliphatic carbocycles. The van der Waals surface area contributed by atoms with Gasteiger partial charge in [-0.15, -0.1) is 0 Å². The average Bonchev–Trinajstić information content (AvgIpc) is 2.78. The van der Waals surface area contributed by atoms with Crippen molar-refractivity contribution in [1.29, 1.82) is 0 Å². The van der Waals surface area contributed by atoms with E-state index in [1.165, 1.54) is 0 Å². The molecule has 1 aromatic heterocycles. The lowest BCUT2D eigenvalue weighted by Crippen LogP contribution is -2.53. The maximum atomic E-state index is 12.1. The summed E-state index contributed by atoms with van der Waals surface area (Å²) >= 11 is 0. The minimum absolute atomic E-state index is 0.0217. The van der Waals surface area contributed by atoms with Crippen LogP contribution in [0.2, 0.25) is 0 Å². The summed E-state index contributed by atoms with van der Waals surface area (Å²) < 4.78 is 7.35. The van der Waals surface area contributed by atoms with Crippen LogP contribution in [-0.2, 0) is 11.3 Å². The number of nitrogens with one attached hydrogen (secondary N) is 1. The molecule has 2 rings (SSSR count). The number of aryl methyl sites for hydroxylation is 1. The lowest BCUT2D eigenvalue weighted by molar-refractivity contribution is -0.0317. The standard InChI is InChI=1S/C13H22N4O2/c1-10-6-15-16(7-10)5-4-14-13(18)17-8-12(3)19-9-11(17)2/h6-7,11-12H,4-5,8-9H2,1-3H3,(H,14,18). The number of carbonyl (C=O) groups excluding carboxylic acids is 1. The van der Waals surface area contributed by atoms with Crippen molar-refractivity contribution in [1.82, 2.24) is 20.0 Å². The molecule has 1 fully saturated rings. The fourth-order valence-electron chi connectivity index (χ4n) is 2.15. The Morgan fingerprint density at radius 1 is 1.58 bits per heavy atom. The van der Waals surface area contributed by atoms with Crippen LogP contribution in [0.3, 0.4) is 0 Å². The molecule has 19 heavy (non-hydrogen) atoms. The number of rotatable bonds is 3. The maximum Gasteiger partial charge on any atom is 0.317 e. The van der Waals surface area contributed by atoms with E-state index in [4.69, 9.17) is 4.74 Å². The Kier molecular flexibility index (Phi) is 4.42. The summed E-state index contributed by atoms with van der Waals surface area (Å²) in [7, 11) is 0. The molecule has 0 spiro atoms. The third-order valence-electron chi connectivity index (χ3n) is 3.25. The molecule has 0 bridgehead atoms. The van der Waals surface area contributed by atoms with E-state index < -0.39 is 0 Å². The molecule has 1 aliphatic heterocycles. The Bertz CT molecular complexity index is 432. The number of urea groups is 1. The van der Waals surface area contributed by atoms with Crippen LogP contribution in [0, 0.1) is 6.92 Å². The van der Waals surface area contributed by atoms with Gasteiger partial charge in [0.1, 0.15) is 0 Å². The van der Waals surface area contributed by atoms with Gasteiger partial charge in [-0.05, 0) is 26.3 Å². The molecule has 106 valence electrons. The number of hydrogen-bond donors (Lipinski definition) is 1. The third-order valence-corrected chi connectivity index (χ3v) is 3.25. The zero-order valence-corrected chi connectivity index (χ0v) is 11.8. The zero-order chi connectivity index (χ0) is 13.8. The molecule has 0 radical (unpaired) electrons. The van der Waals surface area contributed by atoms with Crippen molar-refractivity contribution in [2.75, 3.05) is 19.7 Å². The molecule has 0 aromatic carbocycles. The van der Waals surface area contributed by atoms with Crippen LogP contribution in [0.1, 0.15) is 19.4 Å². The molecule has 1 saturated heterocycles. The quantitative estimate of drug-likeness (QED) is 0.888. The SMILES string of the molecule is Cc1cnn(CCNC(=O)N2CC(C)OCC2C)c1. The first-order valence-corrected chi connectivity index (χ1v) is 6.71. The minimum atomic E-state index is -0.0217. The van der Waals surface area contributed by atoms with Crippen LogP contribution < -0.4 is 5.32 Å². The van der Waals surface area contributed by atoms with E-state index >= 15 is 0 Å². The highest BCUT2D eigenvalue weighted by atomic mass is 16.5. The van der Waals surface area contributed by atoms with Crippen molar-refractivity contribution in [2.24, 2.45) is 0 Å². The van der Waals surface area contributed by atoms with Gasteiger partial charge in [-0.2, -0.15) is 5.10 Å². The number of hydrogen-bond acceptors (Lipinski definition) is 3. The average molecular weight is 266 g/mol. The molecular weight excluding hydrogens is 244 g/mol. The van der Waals surface area contributed by atoms with Gasteiger partial charge >= 0.3 is 6.03 Å². The van der Waals surface area contributed by atoms with Gasteiger partial charge in [0.2, 0.25) is 0 Å². The lowest BCUT2D eigenvalue weighted by atomic mass is 10.2. The van der Waals surface area contributed by atoms with Gasteiger partial charge < -0.3 is 15.0 Å². The zero-order valence-electron chi connectivity index (χ0n) is 11.8. The van der Waals surface area contributed by atoms with Gasteiger partial charge in [-0.25, -0.2) is 4.79 Å². The van der Waals surface area contributed by atoms with Crippen LogP contribution >= 0.6 is 0 Å². The van der Waals surface area contributed by atoms with Crippen LogP contribution in [0.5, 0.6) is 0 Å². The number of ether oxygens (including phenoxy) is 1.